The van der Waals surface area contributed by atoms with Crippen LogP contribution < -0.4 is 10.6 Å². The summed E-state index contributed by atoms with van der Waals surface area (Å²) in [5.41, 5.74) is 3.49. The molecule has 0 aromatic heterocycles. The van der Waals surface area contributed by atoms with E-state index in [0.29, 0.717) is 25.1 Å². The van der Waals surface area contributed by atoms with E-state index in [1.807, 2.05) is 18.2 Å². The number of benzene rings is 2. The van der Waals surface area contributed by atoms with E-state index in [1.54, 1.807) is 19.1 Å². The molecule has 34 heavy (non-hydrogen) atoms. The minimum Gasteiger partial charge on any atom is -0.506 e. The van der Waals surface area contributed by atoms with Gasteiger partial charge in [0.05, 0.1) is 11.8 Å². The normalized spacial score (nSPS) is 13.9. The summed E-state index contributed by atoms with van der Waals surface area (Å²) in [6.07, 6.45) is 1.60. The Balaban J connectivity index is 2.19. The van der Waals surface area contributed by atoms with Crippen molar-refractivity contribution in [3.63, 3.8) is 0 Å². The third-order valence-electron chi connectivity index (χ3n) is 6.49. The molecule has 0 fully saturated rings. The first-order valence-corrected chi connectivity index (χ1v) is 14.7. The number of hydrogen-bond donors (Lipinski definition) is 3. The van der Waals surface area contributed by atoms with Crippen LogP contribution in [-0.2, 0) is 26.9 Å². The molecule has 0 radical (unpaired) electrons. The lowest BCUT2D eigenvalue weighted by Crippen LogP contribution is -2.44. The molecule has 2 atom stereocenters. The van der Waals surface area contributed by atoms with Crippen molar-refractivity contribution in [2.45, 2.75) is 77.7 Å². The smallest absolute Gasteiger partial charge is 0.211 e. The van der Waals surface area contributed by atoms with Crippen LogP contribution in [0.15, 0.2) is 42.5 Å². The number of phenols is 1. The largest absolute Gasteiger partial charge is 0.506 e. The molecule has 186 valence electrons. The van der Waals surface area contributed by atoms with E-state index in [9.17, 15) is 14.7 Å². The SMILES string of the molecule is CC(=O)Cc1cccc(C[C@@H](C)NC[C@H](O[Si](C)(C)C(C)(C)C)c2ccc(O)c(NC=O)c2)c1. The third-order valence-corrected chi connectivity index (χ3v) is 11.0. The van der Waals surface area contributed by atoms with Crippen LogP contribution in [0.3, 0.4) is 0 Å². The lowest BCUT2D eigenvalue weighted by atomic mass is 10.0. The number of Topliss-reactive ketones (excluding diaryl/α,β-unsaturated/α-hetero) is 1. The monoisotopic (exact) mass is 484 g/mol. The van der Waals surface area contributed by atoms with Crippen molar-refractivity contribution < 1.29 is 19.1 Å². The van der Waals surface area contributed by atoms with Gasteiger partial charge < -0.3 is 20.2 Å². The molecule has 0 bridgehead atoms. The van der Waals surface area contributed by atoms with Crippen molar-refractivity contribution >= 4 is 26.2 Å². The first-order valence-electron chi connectivity index (χ1n) is 11.8. The summed E-state index contributed by atoms with van der Waals surface area (Å²) >= 11 is 0. The van der Waals surface area contributed by atoms with E-state index in [-0.39, 0.29) is 28.7 Å². The Morgan fingerprint density at radius 1 is 1.15 bits per heavy atom. The van der Waals surface area contributed by atoms with Crippen LogP contribution in [-0.4, -0.2) is 38.2 Å². The molecule has 0 saturated heterocycles. The average Bonchev–Trinajstić information content (AvgIpc) is 2.72. The van der Waals surface area contributed by atoms with Crippen LogP contribution in [0.25, 0.3) is 0 Å². The van der Waals surface area contributed by atoms with E-state index in [2.05, 4.69) is 63.6 Å². The van der Waals surface area contributed by atoms with Gasteiger partial charge in [0, 0.05) is 19.0 Å². The Morgan fingerprint density at radius 3 is 2.44 bits per heavy atom. The number of anilines is 1. The van der Waals surface area contributed by atoms with E-state index in [4.69, 9.17) is 4.43 Å². The van der Waals surface area contributed by atoms with E-state index >= 15 is 0 Å². The number of aromatic hydroxyl groups is 1. The fraction of sp³-hybridized carbons (Fsp3) is 0.481. The van der Waals surface area contributed by atoms with Gasteiger partial charge in [-0.05, 0) is 67.2 Å². The van der Waals surface area contributed by atoms with Crippen molar-refractivity contribution in [1.82, 2.24) is 5.32 Å². The van der Waals surface area contributed by atoms with Gasteiger partial charge >= 0.3 is 0 Å². The molecule has 0 unspecified atom stereocenters. The standard InChI is InChI=1S/C27H40N2O4Si/c1-19(13-21-9-8-10-22(15-21)14-20(2)31)28-17-26(33-34(6,7)27(3,4)5)23-11-12-25(32)24(16-23)29-18-30/h8-12,15-16,18-19,26,28,32H,13-14,17H2,1-7H3,(H,29,30)/t19-,26+/m1/s1. The maximum Gasteiger partial charge on any atom is 0.211 e. The molecule has 2 aromatic rings. The molecular weight excluding hydrogens is 444 g/mol. The Kier molecular flexibility index (Phi) is 9.61. The second kappa shape index (κ2) is 11.8. The minimum absolute atomic E-state index is 0.0219. The van der Waals surface area contributed by atoms with Crippen LogP contribution in [0.2, 0.25) is 18.1 Å². The maximum absolute atomic E-state index is 11.5. The number of carbonyl (C=O) groups is 2. The third kappa shape index (κ3) is 8.08. The number of ketones is 1. The highest BCUT2D eigenvalue weighted by Gasteiger charge is 2.39. The average molecular weight is 485 g/mol. The Labute approximate surface area is 205 Å². The van der Waals surface area contributed by atoms with Gasteiger partial charge in [-0.2, -0.15) is 0 Å². The second-order valence-corrected chi connectivity index (χ2v) is 15.4. The molecule has 3 N–H and O–H groups in total. The van der Waals surface area contributed by atoms with Crippen molar-refractivity contribution in [2.75, 3.05) is 11.9 Å². The van der Waals surface area contributed by atoms with Crippen LogP contribution in [0.4, 0.5) is 5.69 Å². The van der Waals surface area contributed by atoms with E-state index in [0.717, 1.165) is 17.5 Å². The Morgan fingerprint density at radius 2 is 1.82 bits per heavy atom. The zero-order chi connectivity index (χ0) is 25.5. The summed E-state index contributed by atoms with van der Waals surface area (Å²) in [5, 5.41) is 16.3. The van der Waals surface area contributed by atoms with Crippen LogP contribution in [0.5, 0.6) is 5.75 Å². The topological polar surface area (TPSA) is 87.7 Å². The Bertz CT molecular complexity index is 985. The van der Waals surface area contributed by atoms with Crippen molar-refractivity contribution in [3.05, 3.63) is 59.2 Å². The molecule has 0 spiro atoms. The number of carbonyl (C=O) groups excluding carboxylic acids is 2. The number of rotatable bonds is 12. The first kappa shape index (κ1) is 27.8. The van der Waals surface area contributed by atoms with Crippen LogP contribution >= 0.6 is 0 Å². The molecular formula is C27H40N2O4Si. The highest BCUT2D eigenvalue weighted by molar-refractivity contribution is 6.74. The van der Waals surface area contributed by atoms with Crippen molar-refractivity contribution in [1.29, 1.82) is 0 Å². The summed E-state index contributed by atoms with van der Waals surface area (Å²) in [4.78, 5) is 22.4. The molecule has 2 rings (SSSR count). The summed E-state index contributed by atoms with van der Waals surface area (Å²) < 4.78 is 6.77. The maximum atomic E-state index is 11.5. The molecule has 0 aliphatic rings. The molecule has 0 aliphatic carbocycles. The molecule has 1 amide bonds. The van der Waals surface area contributed by atoms with Crippen LogP contribution in [0.1, 0.15) is 57.4 Å². The minimum atomic E-state index is -2.09. The molecule has 0 heterocycles. The number of hydrogen-bond acceptors (Lipinski definition) is 5. The predicted octanol–water partition coefficient (Wildman–Crippen LogP) is 5.38. The highest BCUT2D eigenvalue weighted by atomic mass is 28.4. The Hall–Kier alpha value is -2.48. The zero-order valence-electron chi connectivity index (χ0n) is 21.6. The number of nitrogens with one attached hydrogen (secondary N) is 2. The van der Waals surface area contributed by atoms with Gasteiger partial charge in [-0.25, -0.2) is 0 Å². The lowest BCUT2D eigenvalue weighted by Gasteiger charge is -2.40. The predicted molar refractivity (Wildman–Crippen MR) is 141 cm³/mol. The van der Waals surface area contributed by atoms with Gasteiger partial charge in [-0.15, -0.1) is 0 Å². The van der Waals surface area contributed by atoms with Gasteiger partial charge in [-0.1, -0.05) is 51.1 Å². The molecule has 7 heteroatoms. The molecule has 6 nitrogen and oxygen atoms in total. The van der Waals surface area contributed by atoms with E-state index in [1.165, 1.54) is 5.56 Å². The zero-order valence-corrected chi connectivity index (χ0v) is 22.6. The number of amides is 1. The molecule has 0 saturated carbocycles. The summed E-state index contributed by atoms with van der Waals surface area (Å²) in [6, 6.07) is 13.6. The summed E-state index contributed by atoms with van der Waals surface area (Å²) in [6.45, 7) is 15.4. The summed E-state index contributed by atoms with van der Waals surface area (Å²) in [7, 11) is -2.09. The number of phenolic OH excluding ortho intramolecular Hbond substituents is 1. The van der Waals surface area contributed by atoms with Gasteiger partial charge in [-0.3, -0.25) is 9.59 Å². The van der Waals surface area contributed by atoms with Crippen LogP contribution in [0, 0.1) is 0 Å². The van der Waals surface area contributed by atoms with Crippen molar-refractivity contribution in [3.8, 4) is 5.75 Å². The van der Waals surface area contributed by atoms with E-state index < -0.39 is 8.32 Å². The second-order valence-electron chi connectivity index (χ2n) is 10.6. The summed E-state index contributed by atoms with van der Waals surface area (Å²) in [5.74, 6) is 0.181. The molecule has 2 aromatic carbocycles. The van der Waals surface area contributed by atoms with Crippen molar-refractivity contribution in [2.24, 2.45) is 0 Å². The van der Waals surface area contributed by atoms with Gasteiger partial charge in [0.2, 0.25) is 6.41 Å². The van der Waals surface area contributed by atoms with Gasteiger partial charge in [0.15, 0.2) is 8.32 Å². The first-order chi connectivity index (χ1) is 15.8. The fourth-order valence-corrected chi connectivity index (χ4v) is 4.87. The fourth-order valence-electron chi connectivity index (χ4n) is 3.58. The lowest BCUT2D eigenvalue weighted by molar-refractivity contribution is -0.116. The molecule has 0 aliphatic heterocycles. The van der Waals surface area contributed by atoms with Gasteiger partial charge in [0.25, 0.3) is 0 Å². The van der Waals surface area contributed by atoms with Gasteiger partial charge in [0.1, 0.15) is 11.5 Å². The highest BCUT2D eigenvalue weighted by Crippen LogP contribution is 2.40. The quantitative estimate of drug-likeness (QED) is 0.214.